The zero-order valence-corrected chi connectivity index (χ0v) is 9.82. The molecule has 0 saturated carbocycles. The molecule has 0 aromatic heterocycles. The first-order chi connectivity index (χ1) is 8.39. The Morgan fingerprint density at radius 2 is 1.89 bits per heavy atom. The van der Waals surface area contributed by atoms with Crippen LogP contribution in [0.3, 0.4) is 0 Å². The van der Waals surface area contributed by atoms with Crippen molar-refractivity contribution in [2.24, 2.45) is 5.92 Å². The summed E-state index contributed by atoms with van der Waals surface area (Å²) >= 11 is 0. The van der Waals surface area contributed by atoms with Crippen molar-refractivity contribution in [2.45, 2.75) is 37.6 Å². The van der Waals surface area contributed by atoms with E-state index in [4.69, 9.17) is 4.74 Å². The Balaban J connectivity index is 1.86. The van der Waals surface area contributed by atoms with Crippen LogP contribution in [0.5, 0.6) is 0 Å². The summed E-state index contributed by atoms with van der Waals surface area (Å²) in [6, 6.07) is -0.311. The number of hydrogen-bond donors (Lipinski definition) is 1. The van der Waals surface area contributed by atoms with E-state index in [-0.39, 0.29) is 24.9 Å². The standard InChI is InChI=1S/C11H16F3NO3/c12-11(13,14)9(16)7-1-4-15(5-2-7)8-3-6-18-10(8)17/h7-9,16H,1-6H2. The summed E-state index contributed by atoms with van der Waals surface area (Å²) in [7, 11) is 0. The van der Waals surface area contributed by atoms with Gasteiger partial charge in [0.25, 0.3) is 0 Å². The van der Waals surface area contributed by atoms with Gasteiger partial charge in [0, 0.05) is 6.42 Å². The normalized spacial score (nSPS) is 29.3. The average Bonchev–Trinajstić information content (AvgIpc) is 2.73. The summed E-state index contributed by atoms with van der Waals surface area (Å²) in [4.78, 5) is 13.2. The highest BCUT2D eigenvalue weighted by molar-refractivity contribution is 5.77. The molecule has 2 fully saturated rings. The zero-order valence-electron chi connectivity index (χ0n) is 9.82. The molecule has 104 valence electrons. The number of piperidine rings is 1. The van der Waals surface area contributed by atoms with Crippen LogP contribution in [0.15, 0.2) is 0 Å². The molecule has 0 aromatic carbocycles. The van der Waals surface area contributed by atoms with Gasteiger partial charge in [-0.05, 0) is 31.8 Å². The Bertz CT molecular complexity index is 313. The maximum Gasteiger partial charge on any atom is 0.414 e. The molecule has 2 aliphatic rings. The number of alkyl halides is 3. The molecule has 0 aromatic rings. The van der Waals surface area contributed by atoms with Gasteiger partial charge in [-0.2, -0.15) is 13.2 Å². The topological polar surface area (TPSA) is 49.8 Å². The summed E-state index contributed by atoms with van der Waals surface area (Å²) in [6.07, 6.45) is -5.70. The van der Waals surface area contributed by atoms with Gasteiger partial charge < -0.3 is 9.84 Å². The van der Waals surface area contributed by atoms with E-state index >= 15 is 0 Å². The number of carbonyl (C=O) groups excluding carboxylic acids is 1. The van der Waals surface area contributed by atoms with E-state index in [1.807, 2.05) is 4.90 Å². The summed E-state index contributed by atoms with van der Waals surface area (Å²) in [6.45, 7) is 1.18. The second kappa shape index (κ2) is 5.05. The van der Waals surface area contributed by atoms with Gasteiger partial charge in [-0.25, -0.2) is 0 Å². The molecule has 0 radical (unpaired) electrons. The molecular formula is C11H16F3NO3. The number of hydrogen-bond acceptors (Lipinski definition) is 4. The third kappa shape index (κ3) is 2.77. The monoisotopic (exact) mass is 267 g/mol. The lowest BCUT2D eigenvalue weighted by atomic mass is 9.90. The van der Waals surface area contributed by atoms with E-state index in [1.165, 1.54) is 0 Å². The Morgan fingerprint density at radius 3 is 2.33 bits per heavy atom. The fourth-order valence-electron chi connectivity index (χ4n) is 2.63. The van der Waals surface area contributed by atoms with Crippen molar-refractivity contribution in [1.29, 1.82) is 0 Å². The predicted molar refractivity (Wildman–Crippen MR) is 55.7 cm³/mol. The average molecular weight is 267 g/mol. The van der Waals surface area contributed by atoms with Crippen molar-refractivity contribution in [3.8, 4) is 0 Å². The lowest BCUT2D eigenvalue weighted by molar-refractivity contribution is -0.223. The van der Waals surface area contributed by atoms with Crippen LogP contribution < -0.4 is 0 Å². The summed E-state index contributed by atoms with van der Waals surface area (Å²) < 4.78 is 41.9. The van der Waals surface area contributed by atoms with Crippen LogP contribution in [-0.2, 0) is 9.53 Å². The first-order valence-electron chi connectivity index (χ1n) is 6.05. The second-order valence-electron chi connectivity index (χ2n) is 4.83. The van der Waals surface area contributed by atoms with E-state index in [1.54, 1.807) is 0 Å². The Morgan fingerprint density at radius 1 is 1.28 bits per heavy atom. The van der Waals surface area contributed by atoms with Crippen LogP contribution in [0.4, 0.5) is 13.2 Å². The summed E-state index contributed by atoms with van der Waals surface area (Å²) in [5, 5.41) is 9.18. The highest BCUT2D eigenvalue weighted by atomic mass is 19.4. The molecule has 1 N–H and O–H groups in total. The van der Waals surface area contributed by atoms with Gasteiger partial charge in [-0.1, -0.05) is 0 Å². The van der Waals surface area contributed by atoms with Crippen molar-refractivity contribution in [2.75, 3.05) is 19.7 Å². The van der Waals surface area contributed by atoms with Crippen LogP contribution in [-0.4, -0.2) is 54.0 Å². The third-order valence-electron chi connectivity index (χ3n) is 3.70. The molecule has 4 nitrogen and oxygen atoms in total. The lowest BCUT2D eigenvalue weighted by Gasteiger charge is -2.36. The Hall–Kier alpha value is -0.820. The number of aliphatic hydroxyl groups excluding tert-OH is 1. The summed E-state index contributed by atoms with van der Waals surface area (Å²) in [5.74, 6) is -1.05. The molecule has 2 heterocycles. The van der Waals surface area contributed by atoms with Crippen molar-refractivity contribution in [1.82, 2.24) is 4.90 Å². The van der Waals surface area contributed by atoms with Gasteiger partial charge in [0.1, 0.15) is 6.04 Å². The zero-order chi connectivity index (χ0) is 13.3. The Labute approximate surface area is 103 Å². The lowest BCUT2D eigenvalue weighted by Crippen LogP contribution is -2.47. The SMILES string of the molecule is O=C1OCCC1N1CCC(C(O)C(F)(F)F)CC1. The molecule has 0 spiro atoms. The van der Waals surface area contributed by atoms with E-state index in [0.717, 1.165) is 0 Å². The van der Waals surface area contributed by atoms with E-state index < -0.39 is 18.2 Å². The number of rotatable bonds is 2. The minimum absolute atomic E-state index is 0.254. The number of halogens is 3. The Kier molecular flexibility index (Phi) is 3.82. The number of carbonyl (C=O) groups is 1. The highest BCUT2D eigenvalue weighted by Gasteiger charge is 2.45. The minimum atomic E-state index is -4.56. The fourth-order valence-corrected chi connectivity index (χ4v) is 2.63. The first-order valence-corrected chi connectivity index (χ1v) is 6.05. The number of nitrogens with zero attached hydrogens (tertiary/aromatic N) is 1. The molecule has 0 bridgehead atoms. The number of ether oxygens (including phenoxy) is 1. The van der Waals surface area contributed by atoms with Crippen LogP contribution >= 0.6 is 0 Å². The fraction of sp³-hybridized carbons (Fsp3) is 0.909. The van der Waals surface area contributed by atoms with E-state index in [2.05, 4.69) is 0 Å². The molecule has 2 rings (SSSR count). The third-order valence-corrected chi connectivity index (χ3v) is 3.70. The van der Waals surface area contributed by atoms with Crippen LogP contribution in [0.2, 0.25) is 0 Å². The maximum atomic E-state index is 12.4. The van der Waals surface area contributed by atoms with E-state index in [0.29, 0.717) is 26.1 Å². The number of cyclic esters (lactones) is 1. The second-order valence-corrected chi connectivity index (χ2v) is 4.83. The molecule has 18 heavy (non-hydrogen) atoms. The van der Waals surface area contributed by atoms with Crippen LogP contribution in [0, 0.1) is 5.92 Å². The number of aliphatic hydroxyl groups is 1. The molecular weight excluding hydrogens is 251 g/mol. The molecule has 0 amide bonds. The smallest absolute Gasteiger partial charge is 0.414 e. The molecule has 7 heteroatoms. The quantitative estimate of drug-likeness (QED) is 0.756. The van der Waals surface area contributed by atoms with Gasteiger partial charge >= 0.3 is 12.1 Å². The van der Waals surface area contributed by atoms with Crippen LogP contribution in [0.25, 0.3) is 0 Å². The van der Waals surface area contributed by atoms with Crippen molar-refractivity contribution < 1.29 is 27.8 Å². The molecule has 2 aliphatic heterocycles. The van der Waals surface area contributed by atoms with Gasteiger partial charge in [0.05, 0.1) is 6.61 Å². The van der Waals surface area contributed by atoms with Gasteiger partial charge in [-0.3, -0.25) is 9.69 Å². The molecule has 2 unspecified atom stereocenters. The van der Waals surface area contributed by atoms with Gasteiger partial charge in [0.2, 0.25) is 0 Å². The maximum absolute atomic E-state index is 12.4. The largest absolute Gasteiger partial charge is 0.464 e. The molecule has 2 saturated heterocycles. The van der Waals surface area contributed by atoms with Gasteiger partial charge in [0.15, 0.2) is 6.10 Å². The molecule has 2 atom stereocenters. The first kappa shape index (κ1) is 13.6. The predicted octanol–water partition coefficient (Wildman–Crippen LogP) is 0.937. The minimum Gasteiger partial charge on any atom is -0.464 e. The van der Waals surface area contributed by atoms with E-state index in [9.17, 15) is 23.1 Å². The van der Waals surface area contributed by atoms with Crippen molar-refractivity contribution in [3.05, 3.63) is 0 Å². The number of esters is 1. The number of likely N-dealkylation sites (tertiary alicyclic amines) is 1. The van der Waals surface area contributed by atoms with Crippen LogP contribution in [0.1, 0.15) is 19.3 Å². The van der Waals surface area contributed by atoms with Crippen molar-refractivity contribution >= 4 is 5.97 Å². The van der Waals surface area contributed by atoms with Crippen molar-refractivity contribution in [3.63, 3.8) is 0 Å². The highest BCUT2D eigenvalue weighted by Crippen LogP contribution is 2.32. The molecule has 0 aliphatic carbocycles. The summed E-state index contributed by atoms with van der Waals surface area (Å²) in [5.41, 5.74) is 0. The van der Waals surface area contributed by atoms with Gasteiger partial charge in [-0.15, -0.1) is 0 Å².